The molecule has 0 amide bonds. The molecule has 0 radical (unpaired) electrons. The smallest absolute Gasteiger partial charge is 0.185 e. The number of rotatable bonds is 8. The number of nitrogens with zero attached hydrogens (tertiary/aromatic N) is 1. The lowest BCUT2D eigenvalue weighted by molar-refractivity contribution is 0.100. The standard InChI is InChI=1S/C21H27NOSi/c1-24(2,3)23-21(18-22,16-14-19-10-6-4-7-11-19)17-15-20-12-8-5-9-13-20/h4-13H,14-17H2,1-3H3. The minimum atomic E-state index is -1.81. The maximum Gasteiger partial charge on any atom is 0.185 e. The topological polar surface area (TPSA) is 33.0 Å². The van der Waals surface area contributed by atoms with E-state index in [1.165, 1.54) is 11.1 Å². The van der Waals surface area contributed by atoms with Crippen LogP contribution in [0, 0.1) is 11.3 Å². The fourth-order valence-corrected chi connectivity index (χ4v) is 4.35. The van der Waals surface area contributed by atoms with E-state index in [4.69, 9.17) is 4.43 Å². The molecule has 0 bridgehead atoms. The fraction of sp³-hybridized carbons (Fsp3) is 0.381. The normalized spacial score (nSPS) is 11.9. The highest BCUT2D eigenvalue weighted by Gasteiger charge is 2.35. The van der Waals surface area contributed by atoms with Gasteiger partial charge in [0.15, 0.2) is 8.32 Å². The monoisotopic (exact) mass is 337 g/mol. The minimum Gasteiger partial charge on any atom is -0.400 e. The number of benzene rings is 2. The Bertz CT molecular complexity index is 612. The van der Waals surface area contributed by atoms with Crippen LogP contribution < -0.4 is 0 Å². The first-order valence-corrected chi connectivity index (χ1v) is 12.0. The SMILES string of the molecule is C[Si](C)(C)OC(C#N)(CCc1ccccc1)CCc1ccccc1. The molecule has 0 saturated carbocycles. The predicted molar refractivity (Wildman–Crippen MR) is 102 cm³/mol. The zero-order valence-corrected chi connectivity index (χ0v) is 16.0. The highest BCUT2D eigenvalue weighted by atomic mass is 28.4. The average molecular weight is 338 g/mol. The van der Waals surface area contributed by atoms with Gasteiger partial charge >= 0.3 is 0 Å². The Labute approximate surface area is 147 Å². The van der Waals surface area contributed by atoms with Gasteiger partial charge < -0.3 is 4.43 Å². The second-order valence-corrected chi connectivity index (χ2v) is 11.7. The second-order valence-electron chi connectivity index (χ2n) is 7.29. The first kappa shape index (κ1) is 18.4. The van der Waals surface area contributed by atoms with Gasteiger partial charge in [0.05, 0.1) is 6.07 Å². The van der Waals surface area contributed by atoms with Gasteiger partial charge in [-0.05, 0) is 56.5 Å². The first-order chi connectivity index (χ1) is 11.4. The molecule has 0 aliphatic heterocycles. The highest BCUT2D eigenvalue weighted by Crippen LogP contribution is 2.28. The summed E-state index contributed by atoms with van der Waals surface area (Å²) in [5.74, 6) is 0. The van der Waals surface area contributed by atoms with Gasteiger partial charge in [0, 0.05) is 0 Å². The molecule has 2 nitrogen and oxygen atoms in total. The van der Waals surface area contributed by atoms with Crippen molar-refractivity contribution in [2.45, 2.75) is 50.9 Å². The van der Waals surface area contributed by atoms with E-state index < -0.39 is 13.9 Å². The Kier molecular flexibility index (Phi) is 6.36. The first-order valence-electron chi connectivity index (χ1n) is 8.62. The number of nitriles is 1. The van der Waals surface area contributed by atoms with Crippen molar-refractivity contribution < 1.29 is 4.43 Å². The maximum absolute atomic E-state index is 9.94. The van der Waals surface area contributed by atoms with Crippen molar-refractivity contribution in [2.75, 3.05) is 0 Å². The third kappa shape index (κ3) is 5.96. The molecule has 0 saturated heterocycles. The minimum absolute atomic E-state index is 0.698. The summed E-state index contributed by atoms with van der Waals surface area (Å²) in [5.41, 5.74) is 1.82. The largest absolute Gasteiger partial charge is 0.400 e. The molecular weight excluding hydrogens is 310 g/mol. The summed E-state index contributed by atoms with van der Waals surface area (Å²) in [6.07, 6.45) is 3.22. The molecule has 24 heavy (non-hydrogen) atoms. The summed E-state index contributed by atoms with van der Waals surface area (Å²) in [4.78, 5) is 0. The third-order valence-corrected chi connectivity index (χ3v) is 5.03. The zero-order valence-electron chi connectivity index (χ0n) is 15.0. The van der Waals surface area contributed by atoms with Crippen LogP contribution in [0.25, 0.3) is 0 Å². The van der Waals surface area contributed by atoms with Crippen molar-refractivity contribution in [3.63, 3.8) is 0 Å². The van der Waals surface area contributed by atoms with Crippen molar-refractivity contribution in [1.82, 2.24) is 0 Å². The second kappa shape index (κ2) is 8.28. The van der Waals surface area contributed by atoms with Gasteiger partial charge in [0.25, 0.3) is 0 Å². The Morgan fingerprint density at radius 3 is 1.58 bits per heavy atom. The van der Waals surface area contributed by atoms with Crippen LogP contribution in [0.1, 0.15) is 24.0 Å². The van der Waals surface area contributed by atoms with Crippen LogP contribution in [0.3, 0.4) is 0 Å². The van der Waals surface area contributed by atoms with Crippen molar-refractivity contribution in [1.29, 1.82) is 5.26 Å². The molecule has 0 aliphatic carbocycles. The van der Waals surface area contributed by atoms with Crippen LogP contribution in [0.15, 0.2) is 60.7 Å². The van der Waals surface area contributed by atoms with Gasteiger partial charge in [-0.25, -0.2) is 0 Å². The van der Waals surface area contributed by atoms with Crippen LogP contribution >= 0.6 is 0 Å². The Hall–Kier alpha value is -1.89. The van der Waals surface area contributed by atoms with E-state index in [-0.39, 0.29) is 0 Å². The number of hydrogen-bond donors (Lipinski definition) is 0. The molecule has 0 spiro atoms. The van der Waals surface area contributed by atoms with Crippen molar-refractivity contribution in [2.24, 2.45) is 0 Å². The van der Waals surface area contributed by atoms with E-state index in [1.807, 2.05) is 36.4 Å². The molecule has 0 heterocycles. The molecule has 0 aliphatic rings. The molecule has 126 valence electrons. The van der Waals surface area contributed by atoms with Crippen LogP contribution in [0.4, 0.5) is 0 Å². The lowest BCUT2D eigenvalue weighted by atomic mass is 9.90. The quantitative estimate of drug-likeness (QED) is 0.607. The summed E-state index contributed by atoms with van der Waals surface area (Å²) in [7, 11) is -1.81. The molecule has 0 fully saturated rings. The molecule has 2 aromatic rings. The molecular formula is C21H27NOSi. The van der Waals surface area contributed by atoms with E-state index in [0.717, 1.165) is 25.7 Å². The number of aryl methyl sites for hydroxylation is 2. The van der Waals surface area contributed by atoms with Gasteiger partial charge in [0.1, 0.15) is 5.60 Å². The summed E-state index contributed by atoms with van der Waals surface area (Å²) in [6.45, 7) is 6.47. The van der Waals surface area contributed by atoms with Gasteiger partial charge in [-0.15, -0.1) is 0 Å². The summed E-state index contributed by atoms with van der Waals surface area (Å²) in [6, 6.07) is 23.2. The average Bonchev–Trinajstić information content (AvgIpc) is 2.58. The van der Waals surface area contributed by atoms with E-state index in [1.54, 1.807) is 0 Å². The maximum atomic E-state index is 9.94. The van der Waals surface area contributed by atoms with Crippen molar-refractivity contribution >= 4 is 8.32 Å². The summed E-state index contributed by atoms with van der Waals surface area (Å²) in [5, 5.41) is 9.94. The summed E-state index contributed by atoms with van der Waals surface area (Å²) >= 11 is 0. The van der Waals surface area contributed by atoms with Gasteiger partial charge in [-0.1, -0.05) is 60.7 Å². The molecule has 2 rings (SSSR count). The molecule has 0 N–H and O–H groups in total. The Morgan fingerprint density at radius 1 is 0.833 bits per heavy atom. The number of hydrogen-bond acceptors (Lipinski definition) is 2. The molecule has 2 aromatic carbocycles. The van der Waals surface area contributed by atoms with E-state index in [0.29, 0.717) is 0 Å². The van der Waals surface area contributed by atoms with E-state index in [2.05, 4.69) is 50.0 Å². The van der Waals surface area contributed by atoms with Crippen LogP contribution in [-0.2, 0) is 17.3 Å². The summed E-state index contributed by atoms with van der Waals surface area (Å²) < 4.78 is 6.40. The van der Waals surface area contributed by atoms with Crippen LogP contribution in [0.5, 0.6) is 0 Å². The fourth-order valence-electron chi connectivity index (χ4n) is 2.93. The molecule has 3 heteroatoms. The molecule has 0 unspecified atom stereocenters. The van der Waals surface area contributed by atoms with E-state index in [9.17, 15) is 5.26 Å². The molecule has 0 aromatic heterocycles. The molecule has 0 atom stereocenters. The van der Waals surface area contributed by atoms with Crippen LogP contribution in [0.2, 0.25) is 19.6 Å². The van der Waals surface area contributed by atoms with Crippen LogP contribution in [-0.4, -0.2) is 13.9 Å². The van der Waals surface area contributed by atoms with Crippen molar-refractivity contribution in [3.05, 3.63) is 71.8 Å². The van der Waals surface area contributed by atoms with Gasteiger partial charge in [0.2, 0.25) is 0 Å². The Balaban J connectivity index is 2.12. The third-order valence-electron chi connectivity index (χ3n) is 4.03. The van der Waals surface area contributed by atoms with Gasteiger partial charge in [-0.2, -0.15) is 5.26 Å². The highest BCUT2D eigenvalue weighted by molar-refractivity contribution is 6.69. The Morgan fingerprint density at radius 2 is 1.25 bits per heavy atom. The zero-order chi connectivity index (χ0) is 17.5. The lowest BCUT2D eigenvalue weighted by Gasteiger charge is -2.34. The van der Waals surface area contributed by atoms with Crippen molar-refractivity contribution in [3.8, 4) is 6.07 Å². The predicted octanol–water partition coefficient (Wildman–Crippen LogP) is 5.37. The van der Waals surface area contributed by atoms with Gasteiger partial charge in [-0.3, -0.25) is 0 Å². The lowest BCUT2D eigenvalue weighted by Crippen LogP contribution is -2.42. The van der Waals surface area contributed by atoms with E-state index >= 15 is 0 Å².